The molecule has 0 saturated carbocycles. The summed E-state index contributed by atoms with van der Waals surface area (Å²) in [6.07, 6.45) is 1.62. The molecule has 1 aliphatic rings. The lowest BCUT2D eigenvalue weighted by Gasteiger charge is -2.28. The molecule has 0 radical (unpaired) electrons. The van der Waals surface area contributed by atoms with Crippen molar-refractivity contribution in [3.05, 3.63) is 48.0 Å². The van der Waals surface area contributed by atoms with Crippen molar-refractivity contribution in [2.24, 2.45) is 5.41 Å². The highest BCUT2D eigenvalue weighted by Crippen LogP contribution is 2.38. The first kappa shape index (κ1) is 21.2. The van der Waals surface area contributed by atoms with E-state index in [9.17, 15) is 13.2 Å². The highest BCUT2D eigenvalue weighted by molar-refractivity contribution is 7.92. The minimum absolute atomic E-state index is 0.0340. The predicted octanol–water partition coefficient (Wildman–Crippen LogP) is 4.21. The topological polar surface area (TPSA) is 75.7 Å². The minimum atomic E-state index is -3.73. The lowest BCUT2D eigenvalue weighted by atomic mass is 9.93. The maximum atomic E-state index is 13.0. The van der Waals surface area contributed by atoms with Gasteiger partial charge in [0.2, 0.25) is 5.91 Å². The molecule has 7 heteroatoms. The number of nitrogens with one attached hydrogen (secondary N) is 1. The lowest BCUT2D eigenvalue weighted by Crippen LogP contribution is -2.42. The highest BCUT2D eigenvalue weighted by atomic mass is 32.2. The summed E-state index contributed by atoms with van der Waals surface area (Å²) < 4.78 is 34.1. The number of anilines is 2. The molecule has 6 nitrogen and oxygen atoms in total. The van der Waals surface area contributed by atoms with Crippen molar-refractivity contribution in [3.8, 4) is 5.75 Å². The number of sulfonamides is 1. The van der Waals surface area contributed by atoms with Crippen molar-refractivity contribution in [1.82, 2.24) is 0 Å². The maximum absolute atomic E-state index is 13.0. The van der Waals surface area contributed by atoms with Gasteiger partial charge in [-0.15, -0.1) is 0 Å². The van der Waals surface area contributed by atoms with Crippen molar-refractivity contribution < 1.29 is 17.9 Å². The molecule has 0 bridgehead atoms. The summed E-state index contributed by atoms with van der Waals surface area (Å²) >= 11 is 0. The second-order valence-corrected chi connectivity index (χ2v) is 9.60. The van der Waals surface area contributed by atoms with Gasteiger partial charge in [-0.1, -0.05) is 26.0 Å². The number of hydrogen-bond acceptors (Lipinski definition) is 4. The van der Waals surface area contributed by atoms with Crippen molar-refractivity contribution in [1.29, 1.82) is 0 Å². The van der Waals surface area contributed by atoms with Crippen molar-refractivity contribution in [2.75, 3.05) is 22.8 Å². The molecule has 156 valence electrons. The quantitative estimate of drug-likeness (QED) is 0.765. The van der Waals surface area contributed by atoms with Crippen LogP contribution in [0.1, 0.15) is 39.7 Å². The Bertz CT molecular complexity index is 998. The Hall–Kier alpha value is -2.54. The number of carbonyl (C=O) groups is 1. The monoisotopic (exact) mass is 416 g/mol. The first-order chi connectivity index (χ1) is 13.7. The number of ether oxygens (including phenoxy) is 1. The maximum Gasteiger partial charge on any atom is 0.261 e. The molecule has 0 aliphatic carbocycles. The normalized spacial score (nSPS) is 16.0. The summed E-state index contributed by atoms with van der Waals surface area (Å²) in [5.74, 6) is 0.542. The van der Waals surface area contributed by atoms with Crippen LogP contribution in [0.5, 0.6) is 5.75 Å². The van der Waals surface area contributed by atoms with E-state index in [0.29, 0.717) is 23.7 Å². The van der Waals surface area contributed by atoms with E-state index in [-0.39, 0.29) is 17.4 Å². The number of benzene rings is 2. The summed E-state index contributed by atoms with van der Waals surface area (Å²) in [7, 11) is -3.73. The number of rotatable bonds is 6. The van der Waals surface area contributed by atoms with Gasteiger partial charge in [0.25, 0.3) is 10.0 Å². The summed E-state index contributed by atoms with van der Waals surface area (Å²) in [6, 6.07) is 11.9. The fourth-order valence-corrected chi connectivity index (χ4v) is 4.32. The summed E-state index contributed by atoms with van der Waals surface area (Å²) in [6.45, 7) is 8.53. The van der Waals surface area contributed by atoms with E-state index in [1.54, 1.807) is 35.2 Å². The average molecular weight is 417 g/mol. The zero-order chi connectivity index (χ0) is 21.2. The molecule has 0 unspecified atom stereocenters. The van der Waals surface area contributed by atoms with E-state index in [1.165, 1.54) is 0 Å². The number of nitrogens with zero attached hydrogens (tertiary/aromatic N) is 1. The third-order valence-corrected chi connectivity index (χ3v) is 6.40. The number of fused-ring (bicyclic) bond motifs is 1. The van der Waals surface area contributed by atoms with Gasteiger partial charge >= 0.3 is 0 Å². The van der Waals surface area contributed by atoms with Crippen LogP contribution in [0.2, 0.25) is 0 Å². The Balaban J connectivity index is 1.95. The molecule has 1 amide bonds. The SMILES string of the molecule is CCCN1C(=O)C(C)(C)COc2ccc(NS(=O)(=O)c3ccc(CC)cc3)cc21. The number of hydrogen-bond donors (Lipinski definition) is 1. The molecule has 0 spiro atoms. The summed E-state index contributed by atoms with van der Waals surface area (Å²) in [4.78, 5) is 14.9. The molecular formula is C22H28N2O4S. The van der Waals surface area contributed by atoms with Crippen LogP contribution in [0.3, 0.4) is 0 Å². The van der Waals surface area contributed by atoms with Crippen molar-refractivity contribution in [3.63, 3.8) is 0 Å². The van der Waals surface area contributed by atoms with Gasteiger partial charge in [-0.25, -0.2) is 8.42 Å². The van der Waals surface area contributed by atoms with E-state index < -0.39 is 15.4 Å². The Kier molecular flexibility index (Phi) is 5.89. The molecule has 29 heavy (non-hydrogen) atoms. The van der Waals surface area contributed by atoms with Gasteiger partial charge in [-0.2, -0.15) is 0 Å². The van der Waals surface area contributed by atoms with Crippen molar-refractivity contribution >= 4 is 27.3 Å². The summed E-state index contributed by atoms with van der Waals surface area (Å²) in [5.41, 5.74) is 1.39. The largest absolute Gasteiger partial charge is 0.490 e. The fourth-order valence-electron chi connectivity index (χ4n) is 3.27. The van der Waals surface area contributed by atoms with E-state index >= 15 is 0 Å². The molecule has 1 aliphatic heterocycles. The lowest BCUT2D eigenvalue weighted by molar-refractivity contribution is -0.127. The van der Waals surface area contributed by atoms with Crippen molar-refractivity contribution in [2.45, 2.75) is 45.4 Å². The zero-order valence-electron chi connectivity index (χ0n) is 17.4. The van der Waals surface area contributed by atoms with Gasteiger partial charge in [0.05, 0.1) is 21.7 Å². The molecule has 2 aromatic rings. The van der Waals surface area contributed by atoms with E-state index in [0.717, 1.165) is 18.4 Å². The Labute approximate surface area is 172 Å². The molecule has 0 atom stereocenters. The number of carbonyl (C=O) groups excluding carboxylic acids is 1. The van der Waals surface area contributed by atoms with Crippen LogP contribution in [0.15, 0.2) is 47.4 Å². The number of aryl methyl sites for hydroxylation is 1. The Morgan fingerprint density at radius 3 is 2.41 bits per heavy atom. The standard InChI is InChI=1S/C22H28N2O4S/c1-5-13-24-19-14-17(9-12-20(19)28-15-22(3,4)21(24)25)23-29(26,27)18-10-7-16(6-2)8-11-18/h7-12,14,23H,5-6,13,15H2,1-4H3. The second kappa shape index (κ2) is 8.06. The molecule has 1 N–H and O–H groups in total. The van der Waals surface area contributed by atoms with Crippen LogP contribution < -0.4 is 14.4 Å². The minimum Gasteiger partial charge on any atom is -0.490 e. The molecule has 0 aromatic heterocycles. The number of amides is 1. The molecule has 2 aromatic carbocycles. The van der Waals surface area contributed by atoms with E-state index in [1.807, 2.05) is 39.8 Å². The van der Waals surface area contributed by atoms with Gasteiger partial charge < -0.3 is 9.64 Å². The second-order valence-electron chi connectivity index (χ2n) is 7.91. The predicted molar refractivity (Wildman–Crippen MR) is 115 cm³/mol. The van der Waals surface area contributed by atoms with Gasteiger partial charge in [0.15, 0.2) is 0 Å². The first-order valence-electron chi connectivity index (χ1n) is 9.88. The third kappa shape index (κ3) is 4.40. The molecular weight excluding hydrogens is 388 g/mol. The van der Waals surface area contributed by atoms with Crippen LogP contribution in [-0.4, -0.2) is 27.5 Å². The first-order valence-corrected chi connectivity index (χ1v) is 11.4. The molecule has 1 heterocycles. The fraction of sp³-hybridized carbons (Fsp3) is 0.409. The third-order valence-electron chi connectivity index (χ3n) is 5.00. The van der Waals surface area contributed by atoms with Gasteiger partial charge in [-0.05, 0) is 62.6 Å². The average Bonchev–Trinajstić information content (AvgIpc) is 2.78. The van der Waals surface area contributed by atoms with Gasteiger partial charge in [0, 0.05) is 6.54 Å². The smallest absolute Gasteiger partial charge is 0.261 e. The van der Waals surface area contributed by atoms with Crippen LogP contribution in [0.25, 0.3) is 0 Å². The Morgan fingerprint density at radius 2 is 1.79 bits per heavy atom. The van der Waals surface area contributed by atoms with Crippen LogP contribution in [0.4, 0.5) is 11.4 Å². The van der Waals surface area contributed by atoms with Crippen LogP contribution in [0, 0.1) is 5.41 Å². The van der Waals surface area contributed by atoms with E-state index in [4.69, 9.17) is 4.74 Å². The zero-order valence-corrected chi connectivity index (χ0v) is 18.2. The highest BCUT2D eigenvalue weighted by Gasteiger charge is 2.37. The summed E-state index contributed by atoms with van der Waals surface area (Å²) in [5, 5.41) is 0. The molecule has 0 saturated heterocycles. The van der Waals surface area contributed by atoms with E-state index in [2.05, 4.69) is 4.72 Å². The van der Waals surface area contributed by atoms with Crippen LogP contribution >= 0.6 is 0 Å². The van der Waals surface area contributed by atoms with Gasteiger partial charge in [0.1, 0.15) is 12.4 Å². The molecule has 0 fully saturated rings. The Morgan fingerprint density at radius 1 is 1.10 bits per heavy atom. The van der Waals surface area contributed by atoms with Crippen LogP contribution in [-0.2, 0) is 21.2 Å². The molecule has 3 rings (SSSR count). The van der Waals surface area contributed by atoms with Gasteiger partial charge in [-0.3, -0.25) is 9.52 Å².